The van der Waals surface area contributed by atoms with E-state index in [2.05, 4.69) is 5.32 Å². The van der Waals surface area contributed by atoms with Crippen LogP contribution in [0, 0.1) is 5.82 Å². The standard InChI is InChI=1S/C10H9FN2O2/c1-6-9(14)12-10(15)13(6)8-4-2-7(11)3-5-8/h2-6H,1H3,(H,12,14,15)/t6-/m0/s1. The summed E-state index contributed by atoms with van der Waals surface area (Å²) in [6.45, 7) is 1.61. The number of hydrogen-bond donors (Lipinski definition) is 1. The van der Waals surface area contributed by atoms with E-state index in [1.54, 1.807) is 6.92 Å². The van der Waals surface area contributed by atoms with Crippen LogP contribution in [-0.4, -0.2) is 18.0 Å². The molecule has 1 aliphatic heterocycles. The maximum atomic E-state index is 12.7. The second-order valence-electron chi connectivity index (χ2n) is 3.32. The van der Waals surface area contributed by atoms with Crippen molar-refractivity contribution in [1.82, 2.24) is 5.32 Å². The summed E-state index contributed by atoms with van der Waals surface area (Å²) in [4.78, 5) is 23.9. The topological polar surface area (TPSA) is 49.4 Å². The van der Waals surface area contributed by atoms with Crippen molar-refractivity contribution in [2.75, 3.05) is 4.90 Å². The van der Waals surface area contributed by atoms with Crippen molar-refractivity contribution >= 4 is 17.6 Å². The van der Waals surface area contributed by atoms with Gasteiger partial charge < -0.3 is 0 Å². The van der Waals surface area contributed by atoms with Gasteiger partial charge in [-0.1, -0.05) is 0 Å². The van der Waals surface area contributed by atoms with Crippen molar-refractivity contribution in [3.8, 4) is 0 Å². The molecule has 1 heterocycles. The Balaban J connectivity index is 2.34. The summed E-state index contributed by atoms with van der Waals surface area (Å²) in [6.07, 6.45) is 0. The number of rotatable bonds is 1. The fourth-order valence-electron chi connectivity index (χ4n) is 1.51. The van der Waals surface area contributed by atoms with Crippen molar-refractivity contribution in [3.05, 3.63) is 30.1 Å². The highest BCUT2D eigenvalue weighted by atomic mass is 19.1. The summed E-state index contributed by atoms with van der Waals surface area (Å²) in [5, 5.41) is 2.18. The number of carbonyl (C=O) groups excluding carboxylic acids is 2. The molecule has 0 aliphatic carbocycles. The minimum atomic E-state index is -0.553. The molecule has 78 valence electrons. The molecule has 3 amide bonds. The van der Waals surface area contributed by atoms with E-state index in [1.165, 1.54) is 29.2 Å². The van der Waals surface area contributed by atoms with E-state index in [-0.39, 0.29) is 11.7 Å². The van der Waals surface area contributed by atoms with E-state index in [0.717, 1.165) is 0 Å². The van der Waals surface area contributed by atoms with E-state index in [9.17, 15) is 14.0 Å². The molecule has 0 bridgehead atoms. The molecule has 1 aliphatic rings. The molecule has 0 aromatic heterocycles. The van der Waals surface area contributed by atoms with Gasteiger partial charge in [0, 0.05) is 5.69 Å². The summed E-state index contributed by atoms with van der Waals surface area (Å²) in [5.74, 6) is -0.721. The first-order chi connectivity index (χ1) is 7.09. The van der Waals surface area contributed by atoms with Crippen LogP contribution >= 0.6 is 0 Å². The summed E-state index contributed by atoms with van der Waals surface area (Å²) >= 11 is 0. The van der Waals surface area contributed by atoms with Gasteiger partial charge in [0.1, 0.15) is 11.9 Å². The number of nitrogens with zero attached hydrogens (tertiary/aromatic N) is 1. The third kappa shape index (κ3) is 1.56. The number of imide groups is 1. The predicted molar refractivity (Wildman–Crippen MR) is 51.9 cm³/mol. The lowest BCUT2D eigenvalue weighted by Crippen LogP contribution is -2.32. The summed E-state index contributed by atoms with van der Waals surface area (Å²) in [5.41, 5.74) is 0.507. The van der Waals surface area contributed by atoms with E-state index < -0.39 is 12.1 Å². The Morgan fingerprint density at radius 3 is 2.33 bits per heavy atom. The van der Waals surface area contributed by atoms with Crippen LogP contribution in [0.3, 0.4) is 0 Å². The molecule has 1 fully saturated rings. The molecule has 5 heteroatoms. The van der Waals surface area contributed by atoms with Crippen LogP contribution in [0.5, 0.6) is 0 Å². The maximum Gasteiger partial charge on any atom is 0.329 e. The van der Waals surface area contributed by atoms with Crippen LogP contribution < -0.4 is 10.2 Å². The molecule has 1 N–H and O–H groups in total. The third-order valence-corrected chi connectivity index (χ3v) is 2.32. The predicted octanol–water partition coefficient (Wildman–Crippen LogP) is 1.27. The van der Waals surface area contributed by atoms with Gasteiger partial charge in [-0.05, 0) is 31.2 Å². The van der Waals surface area contributed by atoms with Gasteiger partial charge in [-0.2, -0.15) is 0 Å². The van der Waals surface area contributed by atoms with Gasteiger partial charge in [-0.25, -0.2) is 9.18 Å². The Morgan fingerprint density at radius 1 is 1.27 bits per heavy atom. The summed E-state index contributed by atoms with van der Waals surface area (Å²) in [7, 11) is 0. The minimum absolute atomic E-state index is 0.343. The Kier molecular flexibility index (Phi) is 2.15. The Morgan fingerprint density at radius 2 is 1.87 bits per heavy atom. The highest BCUT2D eigenvalue weighted by molar-refractivity contribution is 6.14. The molecule has 4 nitrogen and oxygen atoms in total. The molecular weight excluding hydrogens is 199 g/mol. The van der Waals surface area contributed by atoms with Crippen LogP contribution in [0.4, 0.5) is 14.9 Å². The number of anilines is 1. The number of urea groups is 1. The monoisotopic (exact) mass is 208 g/mol. The maximum absolute atomic E-state index is 12.7. The van der Waals surface area contributed by atoms with Gasteiger partial charge >= 0.3 is 6.03 Å². The second kappa shape index (κ2) is 3.34. The Hall–Kier alpha value is -1.91. The van der Waals surface area contributed by atoms with Crippen LogP contribution in [0.1, 0.15) is 6.92 Å². The first kappa shape index (κ1) is 9.64. The van der Waals surface area contributed by atoms with Crippen molar-refractivity contribution < 1.29 is 14.0 Å². The molecule has 1 aromatic rings. The van der Waals surface area contributed by atoms with Crippen molar-refractivity contribution in [3.63, 3.8) is 0 Å². The van der Waals surface area contributed by atoms with E-state index in [0.29, 0.717) is 5.69 Å². The van der Waals surface area contributed by atoms with Gasteiger partial charge in [0.05, 0.1) is 0 Å². The second-order valence-corrected chi connectivity index (χ2v) is 3.32. The van der Waals surface area contributed by atoms with Crippen LogP contribution in [0.15, 0.2) is 24.3 Å². The molecule has 1 atom stereocenters. The fourth-order valence-corrected chi connectivity index (χ4v) is 1.51. The number of carbonyl (C=O) groups is 2. The minimum Gasteiger partial charge on any atom is -0.282 e. The SMILES string of the molecule is C[C@H]1C(=O)NC(=O)N1c1ccc(F)cc1. The first-order valence-corrected chi connectivity index (χ1v) is 4.49. The summed E-state index contributed by atoms with van der Waals surface area (Å²) in [6, 6.07) is 4.40. The molecule has 1 saturated heterocycles. The summed E-state index contributed by atoms with van der Waals surface area (Å²) < 4.78 is 12.7. The lowest BCUT2D eigenvalue weighted by molar-refractivity contribution is -0.119. The molecule has 15 heavy (non-hydrogen) atoms. The molecular formula is C10H9FN2O2. The highest BCUT2D eigenvalue weighted by Gasteiger charge is 2.35. The van der Waals surface area contributed by atoms with Crippen molar-refractivity contribution in [1.29, 1.82) is 0 Å². The lowest BCUT2D eigenvalue weighted by atomic mass is 10.2. The van der Waals surface area contributed by atoms with Gasteiger partial charge in [0.2, 0.25) is 0 Å². The first-order valence-electron chi connectivity index (χ1n) is 4.49. The fraction of sp³-hybridized carbons (Fsp3) is 0.200. The number of benzene rings is 1. The zero-order valence-electron chi connectivity index (χ0n) is 8.03. The number of hydrogen-bond acceptors (Lipinski definition) is 2. The molecule has 0 spiro atoms. The van der Waals surface area contributed by atoms with Crippen molar-refractivity contribution in [2.45, 2.75) is 13.0 Å². The molecule has 1 aromatic carbocycles. The van der Waals surface area contributed by atoms with Gasteiger partial charge in [-0.3, -0.25) is 15.0 Å². The van der Waals surface area contributed by atoms with Crippen LogP contribution in [0.25, 0.3) is 0 Å². The molecule has 2 rings (SSSR count). The molecule has 0 radical (unpaired) electrons. The van der Waals surface area contributed by atoms with Gasteiger partial charge in [-0.15, -0.1) is 0 Å². The Labute approximate surface area is 85.7 Å². The quantitative estimate of drug-likeness (QED) is 0.706. The number of nitrogens with one attached hydrogen (secondary N) is 1. The average Bonchev–Trinajstić information content (AvgIpc) is 2.44. The average molecular weight is 208 g/mol. The van der Waals surface area contributed by atoms with E-state index in [4.69, 9.17) is 0 Å². The zero-order valence-corrected chi connectivity index (χ0v) is 8.03. The van der Waals surface area contributed by atoms with Crippen molar-refractivity contribution in [2.24, 2.45) is 0 Å². The van der Waals surface area contributed by atoms with E-state index in [1.807, 2.05) is 0 Å². The number of amides is 3. The largest absolute Gasteiger partial charge is 0.329 e. The third-order valence-electron chi connectivity index (χ3n) is 2.32. The van der Waals surface area contributed by atoms with Crippen LogP contribution in [-0.2, 0) is 4.79 Å². The van der Waals surface area contributed by atoms with E-state index >= 15 is 0 Å². The Bertz CT molecular complexity index is 416. The van der Waals surface area contributed by atoms with Gasteiger partial charge in [0.15, 0.2) is 0 Å². The smallest absolute Gasteiger partial charge is 0.282 e. The normalized spacial score (nSPS) is 20.7. The van der Waals surface area contributed by atoms with Gasteiger partial charge in [0.25, 0.3) is 5.91 Å². The highest BCUT2D eigenvalue weighted by Crippen LogP contribution is 2.20. The number of halogens is 1. The lowest BCUT2D eigenvalue weighted by Gasteiger charge is -2.18. The molecule has 0 saturated carbocycles. The van der Waals surface area contributed by atoms with Crippen LogP contribution in [0.2, 0.25) is 0 Å². The zero-order chi connectivity index (χ0) is 11.0. The molecule has 0 unspecified atom stereocenters.